The first-order chi connectivity index (χ1) is 23.2. The standard InChI is InChI=1S/2C4H10O2.6C3H8O2.C2H6O2.CH4O.18CH4.CH3.7W/c2*1-5-3-4-6-2;6*1-5-3-2-4;3-1-2-4;1-2;;;;;;;;;;;;;;;;;;;;;;;;;;/h2*3-4H2,1-2H3;6*4H,2-3H2,1H3;3-4H,1-2H2;2H,1H3;18*1H4;1H3;;;;;;;/q;;;;;;;;;;;;;;;;;;;;;;;;;;;;-1;;;;;;;. The van der Waals surface area contributed by atoms with Gasteiger partial charge in [-0.15, -0.1) is 0 Å². The molecule has 0 rings (SSSR count). The molecule has 502 valence electrons. The molecule has 0 spiro atoms. The molecular weight excluding hydrogens is 2170 g/mol. The Kier molecular flexibility index (Phi) is 1540. The molecule has 0 bridgehead atoms. The number of rotatable bonds is 19. The summed E-state index contributed by atoms with van der Waals surface area (Å²) in [5.41, 5.74) is 0. The zero-order valence-corrected chi connectivity index (χ0v) is 56.2. The van der Waals surface area contributed by atoms with Gasteiger partial charge >= 0.3 is 0 Å². The summed E-state index contributed by atoms with van der Waals surface area (Å²) in [6.45, 7) is 5.91. The molecule has 0 unspecified atom stereocenters. The van der Waals surface area contributed by atoms with E-state index in [9.17, 15) is 0 Å². The minimum absolute atomic E-state index is 0. The fraction of sp³-hybridized carbons (Fsp3) is 0.979. The number of hydrogen-bond acceptors (Lipinski definition) is 19. The Bertz CT molecular complexity index is 284. The second-order valence-corrected chi connectivity index (χ2v) is 6.72. The molecule has 0 fully saturated rings. The average Bonchev–Trinajstić information content (AvgIpc) is 3.11. The summed E-state index contributed by atoms with van der Waals surface area (Å²) >= 11 is 0. The van der Waals surface area contributed by atoms with Gasteiger partial charge in [-0.3, -0.25) is 0 Å². The van der Waals surface area contributed by atoms with Crippen LogP contribution in [0.25, 0.3) is 0 Å². The number of hydrogen-bond donors (Lipinski definition) is 9. The number of aliphatic hydroxyl groups excluding tert-OH is 9. The summed E-state index contributed by atoms with van der Waals surface area (Å²) in [4.78, 5) is 0. The van der Waals surface area contributed by atoms with E-state index in [1.54, 1.807) is 71.1 Å². The molecule has 0 aromatic heterocycles. The third-order valence-corrected chi connectivity index (χ3v) is 2.86. The molecule has 19 nitrogen and oxygen atoms in total. The van der Waals surface area contributed by atoms with Crippen LogP contribution in [0, 0.1) is 7.43 Å². The van der Waals surface area contributed by atoms with Crippen LogP contribution in [0.2, 0.25) is 0 Å². The zero-order chi connectivity index (χ0) is 39.8. The van der Waals surface area contributed by atoms with Gasteiger partial charge < -0.3 is 101 Å². The molecule has 9 N–H and O–H groups in total. The first kappa shape index (κ1) is 262. The van der Waals surface area contributed by atoms with Crippen LogP contribution in [0.3, 0.4) is 0 Å². The molecule has 0 aliphatic carbocycles. The van der Waals surface area contributed by atoms with Gasteiger partial charge in [0.25, 0.3) is 0 Å². The Morgan fingerprint density at radius 3 is 0.257 bits per heavy atom. The van der Waals surface area contributed by atoms with Crippen molar-refractivity contribution in [2.45, 2.75) is 134 Å². The van der Waals surface area contributed by atoms with Crippen molar-refractivity contribution < 1.29 is 241 Å². The zero-order valence-electron chi connectivity index (χ0n) is 35.7. The van der Waals surface area contributed by atoms with Gasteiger partial charge in [-0.2, -0.15) is 0 Å². The maximum absolute atomic E-state index is 7.94. The third-order valence-electron chi connectivity index (χ3n) is 2.86. The quantitative estimate of drug-likeness (QED) is 0.0432. The van der Waals surface area contributed by atoms with E-state index in [1.165, 1.54) is 0 Å². The van der Waals surface area contributed by atoms with E-state index in [4.69, 9.17) is 46.0 Å². The summed E-state index contributed by atoms with van der Waals surface area (Å²) < 4.78 is 45.3. The molecule has 0 aliphatic rings. The minimum Gasteiger partial charge on any atom is -0.400 e. The predicted molar refractivity (Wildman–Crippen MR) is 311 cm³/mol. The Labute approximate surface area is 573 Å². The molecule has 0 atom stereocenters. The van der Waals surface area contributed by atoms with E-state index in [0.29, 0.717) is 66.1 Å². The van der Waals surface area contributed by atoms with Crippen molar-refractivity contribution in [2.75, 3.05) is 197 Å². The molecule has 0 heterocycles. The van der Waals surface area contributed by atoms with E-state index in [0.717, 1.165) is 7.11 Å². The molecule has 0 saturated carbocycles. The normalized spacial score (nSPS) is 5.35. The molecule has 26 heteroatoms. The van der Waals surface area contributed by atoms with E-state index >= 15 is 0 Å². The largest absolute Gasteiger partial charge is 0.400 e. The number of methoxy groups -OCH3 is 10. The molecule has 0 radical (unpaired) electrons. The number of aliphatic hydroxyl groups is 9. The van der Waals surface area contributed by atoms with Crippen molar-refractivity contribution in [3.05, 3.63) is 7.43 Å². The summed E-state index contributed by atoms with van der Waals surface area (Å²) in [5, 5.41) is 69.9. The molecule has 0 amide bonds. The van der Waals surface area contributed by atoms with Gasteiger partial charge in [0.1, 0.15) is 0 Å². The van der Waals surface area contributed by atoms with E-state index < -0.39 is 0 Å². The smallest absolute Gasteiger partial charge is 0.0696 e. The maximum Gasteiger partial charge on any atom is 0.0696 e. The van der Waals surface area contributed by atoms with Crippen LogP contribution in [0.1, 0.15) is 134 Å². The topological polar surface area (TPSA) is 274 Å². The van der Waals surface area contributed by atoms with Gasteiger partial charge in [-0.25, -0.2) is 0 Å². The second kappa shape index (κ2) is 434. The van der Waals surface area contributed by atoms with Gasteiger partial charge in [0.15, 0.2) is 0 Å². The van der Waals surface area contributed by atoms with Crippen LogP contribution in [-0.4, -0.2) is 243 Å². The molecule has 74 heavy (non-hydrogen) atoms. The van der Waals surface area contributed by atoms with Gasteiger partial charge in [0.2, 0.25) is 0 Å². The molecule has 0 saturated heterocycles. The minimum atomic E-state index is -0.125. The van der Waals surface area contributed by atoms with Crippen molar-refractivity contribution in [3.63, 3.8) is 0 Å². The van der Waals surface area contributed by atoms with Crippen LogP contribution in [0.15, 0.2) is 0 Å². The first-order valence-corrected chi connectivity index (χ1v) is 14.4. The predicted octanol–water partition coefficient (Wildman–Crippen LogP) is 8.77. The number of ether oxygens (including phenoxy) is 10. The average molecular weight is 2320 g/mol. The van der Waals surface area contributed by atoms with Crippen LogP contribution in [0.4, 0.5) is 0 Å². The van der Waals surface area contributed by atoms with Crippen LogP contribution in [0.5, 0.6) is 0 Å². The van der Waals surface area contributed by atoms with Crippen molar-refractivity contribution in [1.29, 1.82) is 0 Å². The Morgan fingerprint density at radius 1 is 0.176 bits per heavy atom. The molecule has 0 aromatic carbocycles. The Balaban J connectivity index is -0.00000000617. The second-order valence-electron chi connectivity index (χ2n) is 6.72. The molecule has 0 aromatic rings. The SMILES string of the molecule is C.C.C.C.C.C.C.C.C.C.C.C.C.C.C.C.C.C.CO.COCCO.COCCO.COCCO.COCCO.COCCO.COCCO.COCCOC.COCCOC.OCCO.[CH3-].[W].[W].[W].[W].[W].[W].[W]. The van der Waals surface area contributed by atoms with Crippen LogP contribution >= 0.6 is 0 Å². The van der Waals surface area contributed by atoms with E-state index in [2.05, 4.69) is 47.4 Å². The van der Waals surface area contributed by atoms with E-state index in [-0.39, 0.29) is 341 Å². The van der Waals surface area contributed by atoms with Crippen molar-refractivity contribution in [2.24, 2.45) is 0 Å². The molecular formula is C48H153O19W7-. The first-order valence-electron chi connectivity index (χ1n) is 14.4. The van der Waals surface area contributed by atoms with Crippen molar-refractivity contribution in [3.8, 4) is 0 Å². The maximum atomic E-state index is 7.94. The van der Waals surface area contributed by atoms with Crippen molar-refractivity contribution in [1.82, 2.24) is 0 Å². The monoisotopic (exact) mass is 2320 g/mol. The van der Waals surface area contributed by atoms with Gasteiger partial charge in [-0.05, 0) is 0 Å². The Hall–Kier alpha value is 4.06. The summed E-state index contributed by atoms with van der Waals surface area (Å²) in [6.07, 6.45) is 0. The fourth-order valence-electron chi connectivity index (χ4n) is 0.881. The van der Waals surface area contributed by atoms with Crippen LogP contribution < -0.4 is 0 Å². The molecule has 0 aliphatic heterocycles. The van der Waals surface area contributed by atoms with Gasteiger partial charge in [-0.1, -0.05) is 134 Å². The fourth-order valence-corrected chi connectivity index (χ4v) is 0.881. The van der Waals surface area contributed by atoms with Crippen LogP contribution in [-0.2, 0) is 195 Å². The Morgan fingerprint density at radius 2 is 0.243 bits per heavy atom. The summed E-state index contributed by atoms with van der Waals surface area (Å²) in [5.74, 6) is 0. The van der Waals surface area contributed by atoms with Gasteiger partial charge in [0.05, 0.1) is 119 Å². The van der Waals surface area contributed by atoms with Gasteiger partial charge in [0, 0.05) is 226 Å². The summed E-state index contributed by atoms with van der Waals surface area (Å²) in [7, 11) is 16.9. The summed E-state index contributed by atoms with van der Waals surface area (Å²) in [6, 6.07) is 0. The van der Waals surface area contributed by atoms with E-state index in [1.807, 2.05) is 0 Å². The van der Waals surface area contributed by atoms with Crippen molar-refractivity contribution >= 4 is 0 Å². The third kappa shape index (κ3) is 806.